The minimum absolute atomic E-state index is 0.213. The number of carboxylic acid groups (broad SMARTS) is 1. The van der Waals surface area contributed by atoms with Gasteiger partial charge in [-0.1, -0.05) is 0 Å². The average molecular weight is 318 g/mol. The summed E-state index contributed by atoms with van der Waals surface area (Å²) in [6, 6.07) is 9.81. The van der Waals surface area contributed by atoms with Gasteiger partial charge in [0.2, 0.25) is 5.75 Å². The van der Waals surface area contributed by atoms with E-state index in [1.54, 1.807) is 45.6 Å². The minimum Gasteiger partial charge on any atom is -0.493 e. The predicted octanol–water partition coefficient (Wildman–Crippen LogP) is 2.99. The molecule has 0 fully saturated rings. The average Bonchev–Trinajstić information content (AvgIpc) is 2.59. The number of hydrogen-bond acceptors (Lipinski definition) is 5. The van der Waals surface area contributed by atoms with Crippen LogP contribution in [0.3, 0.4) is 0 Å². The molecular weight excluding hydrogens is 300 g/mol. The van der Waals surface area contributed by atoms with Gasteiger partial charge in [-0.05, 0) is 42.0 Å². The fourth-order valence-corrected chi connectivity index (χ4v) is 2.08. The van der Waals surface area contributed by atoms with E-state index in [0.29, 0.717) is 23.0 Å². The van der Waals surface area contributed by atoms with E-state index >= 15 is 0 Å². The summed E-state index contributed by atoms with van der Waals surface area (Å²) in [5, 5.41) is 8.87. The van der Waals surface area contributed by atoms with Crippen LogP contribution in [0.1, 0.15) is 15.9 Å². The Morgan fingerprint density at radius 3 is 1.96 bits per heavy atom. The Morgan fingerprint density at radius 1 is 0.957 bits per heavy atom. The summed E-state index contributed by atoms with van der Waals surface area (Å²) in [6.45, 7) is 0.281. The van der Waals surface area contributed by atoms with Crippen molar-refractivity contribution in [1.82, 2.24) is 0 Å². The standard InChI is InChI=1S/C17H18O6/c1-20-14-8-11(9-15(21-2)16(14)22-3)10-23-13-6-4-12(5-7-13)17(18)19/h4-9H,10H2,1-3H3,(H,18,19). The van der Waals surface area contributed by atoms with Crippen LogP contribution in [0.15, 0.2) is 36.4 Å². The second-order valence-electron chi connectivity index (χ2n) is 4.65. The van der Waals surface area contributed by atoms with Crippen LogP contribution in [0, 0.1) is 0 Å². The molecule has 0 amide bonds. The van der Waals surface area contributed by atoms with Gasteiger partial charge in [-0.25, -0.2) is 4.79 Å². The van der Waals surface area contributed by atoms with Gasteiger partial charge >= 0.3 is 5.97 Å². The number of methoxy groups -OCH3 is 3. The molecule has 0 radical (unpaired) electrons. The van der Waals surface area contributed by atoms with Crippen molar-refractivity contribution in [2.24, 2.45) is 0 Å². The van der Waals surface area contributed by atoms with Crippen LogP contribution >= 0.6 is 0 Å². The van der Waals surface area contributed by atoms with E-state index in [0.717, 1.165) is 5.56 Å². The quantitative estimate of drug-likeness (QED) is 0.846. The normalized spacial score (nSPS) is 10.0. The lowest BCUT2D eigenvalue weighted by Crippen LogP contribution is -2.01. The first-order chi connectivity index (χ1) is 11.1. The predicted molar refractivity (Wildman–Crippen MR) is 83.8 cm³/mol. The molecule has 6 nitrogen and oxygen atoms in total. The molecule has 1 N–H and O–H groups in total. The largest absolute Gasteiger partial charge is 0.493 e. The molecule has 0 aliphatic carbocycles. The maximum Gasteiger partial charge on any atom is 0.335 e. The number of ether oxygens (including phenoxy) is 4. The Balaban J connectivity index is 2.15. The number of carbonyl (C=O) groups is 1. The van der Waals surface area contributed by atoms with E-state index in [1.807, 2.05) is 0 Å². The highest BCUT2D eigenvalue weighted by molar-refractivity contribution is 5.87. The summed E-state index contributed by atoms with van der Waals surface area (Å²) in [4.78, 5) is 10.8. The van der Waals surface area contributed by atoms with Crippen molar-refractivity contribution in [3.8, 4) is 23.0 Å². The zero-order valence-corrected chi connectivity index (χ0v) is 13.2. The van der Waals surface area contributed by atoms with Crippen molar-refractivity contribution in [2.75, 3.05) is 21.3 Å². The molecule has 6 heteroatoms. The van der Waals surface area contributed by atoms with Gasteiger partial charge in [-0.15, -0.1) is 0 Å². The third-order valence-electron chi connectivity index (χ3n) is 3.23. The Bertz CT molecular complexity index is 653. The first-order valence-corrected chi connectivity index (χ1v) is 6.84. The van der Waals surface area contributed by atoms with E-state index in [-0.39, 0.29) is 12.2 Å². The zero-order valence-electron chi connectivity index (χ0n) is 13.2. The lowest BCUT2D eigenvalue weighted by atomic mass is 10.2. The van der Waals surface area contributed by atoms with Crippen LogP contribution in [0.5, 0.6) is 23.0 Å². The van der Waals surface area contributed by atoms with Crippen molar-refractivity contribution >= 4 is 5.97 Å². The van der Waals surface area contributed by atoms with Gasteiger partial charge < -0.3 is 24.1 Å². The molecule has 0 bridgehead atoms. The van der Waals surface area contributed by atoms with Crippen LogP contribution in [-0.4, -0.2) is 32.4 Å². The molecule has 122 valence electrons. The molecule has 23 heavy (non-hydrogen) atoms. The lowest BCUT2D eigenvalue weighted by molar-refractivity contribution is 0.0697. The van der Waals surface area contributed by atoms with Gasteiger partial charge in [0, 0.05) is 0 Å². The minimum atomic E-state index is -0.971. The second kappa shape index (κ2) is 7.40. The van der Waals surface area contributed by atoms with Gasteiger partial charge in [0.1, 0.15) is 12.4 Å². The van der Waals surface area contributed by atoms with Gasteiger partial charge in [-0.2, -0.15) is 0 Å². The van der Waals surface area contributed by atoms with E-state index in [1.165, 1.54) is 12.1 Å². The van der Waals surface area contributed by atoms with Crippen molar-refractivity contribution in [3.05, 3.63) is 47.5 Å². The first kappa shape index (κ1) is 16.5. The lowest BCUT2D eigenvalue weighted by Gasteiger charge is -2.14. The van der Waals surface area contributed by atoms with Gasteiger partial charge in [0.05, 0.1) is 26.9 Å². The Kier molecular flexibility index (Phi) is 5.30. The first-order valence-electron chi connectivity index (χ1n) is 6.84. The van der Waals surface area contributed by atoms with Gasteiger partial charge in [-0.3, -0.25) is 0 Å². The molecule has 2 rings (SSSR count). The topological polar surface area (TPSA) is 74.2 Å². The van der Waals surface area contributed by atoms with Gasteiger partial charge in [0.25, 0.3) is 0 Å². The molecule has 0 aromatic heterocycles. The van der Waals surface area contributed by atoms with Crippen molar-refractivity contribution < 1.29 is 28.8 Å². The summed E-state index contributed by atoms with van der Waals surface area (Å²) >= 11 is 0. The van der Waals surface area contributed by atoms with E-state index in [2.05, 4.69) is 0 Å². The highest BCUT2D eigenvalue weighted by Crippen LogP contribution is 2.38. The van der Waals surface area contributed by atoms with Crippen LogP contribution < -0.4 is 18.9 Å². The second-order valence-corrected chi connectivity index (χ2v) is 4.65. The zero-order chi connectivity index (χ0) is 16.8. The van der Waals surface area contributed by atoms with Crippen molar-refractivity contribution in [3.63, 3.8) is 0 Å². The van der Waals surface area contributed by atoms with E-state index < -0.39 is 5.97 Å². The fourth-order valence-electron chi connectivity index (χ4n) is 2.08. The molecule has 0 saturated heterocycles. The summed E-state index contributed by atoms with van der Waals surface area (Å²) in [6.07, 6.45) is 0. The molecular formula is C17H18O6. The van der Waals surface area contributed by atoms with Crippen LogP contribution in [0.4, 0.5) is 0 Å². The molecule has 0 atom stereocenters. The highest BCUT2D eigenvalue weighted by atomic mass is 16.5. The molecule has 2 aromatic carbocycles. The number of aromatic carboxylic acids is 1. The smallest absolute Gasteiger partial charge is 0.335 e. The summed E-state index contributed by atoms with van der Waals surface area (Å²) in [7, 11) is 4.64. The maximum absolute atomic E-state index is 10.8. The number of hydrogen-bond donors (Lipinski definition) is 1. The highest BCUT2D eigenvalue weighted by Gasteiger charge is 2.13. The molecule has 0 saturated carbocycles. The van der Waals surface area contributed by atoms with E-state index in [9.17, 15) is 4.79 Å². The molecule has 0 spiro atoms. The molecule has 0 heterocycles. The number of rotatable bonds is 7. The van der Waals surface area contributed by atoms with Crippen LogP contribution in [-0.2, 0) is 6.61 Å². The Labute approximate surface area is 134 Å². The molecule has 0 unspecified atom stereocenters. The monoisotopic (exact) mass is 318 g/mol. The Hall–Kier alpha value is -2.89. The van der Waals surface area contributed by atoms with Crippen LogP contribution in [0.2, 0.25) is 0 Å². The van der Waals surface area contributed by atoms with Crippen LogP contribution in [0.25, 0.3) is 0 Å². The SMILES string of the molecule is COc1cc(COc2ccc(C(=O)O)cc2)cc(OC)c1OC. The van der Waals surface area contributed by atoms with E-state index in [4.69, 9.17) is 24.1 Å². The molecule has 2 aromatic rings. The summed E-state index contributed by atoms with van der Waals surface area (Å²) in [5.74, 6) is 1.22. The molecule has 0 aliphatic heterocycles. The van der Waals surface area contributed by atoms with Gasteiger partial charge in [0.15, 0.2) is 11.5 Å². The fraction of sp³-hybridized carbons (Fsp3) is 0.235. The molecule has 0 aliphatic rings. The third kappa shape index (κ3) is 3.85. The summed E-state index contributed by atoms with van der Waals surface area (Å²) < 4.78 is 21.5. The number of benzene rings is 2. The Morgan fingerprint density at radius 2 is 1.52 bits per heavy atom. The van der Waals surface area contributed by atoms with Crippen molar-refractivity contribution in [1.29, 1.82) is 0 Å². The maximum atomic E-state index is 10.8. The van der Waals surface area contributed by atoms with Crippen molar-refractivity contribution in [2.45, 2.75) is 6.61 Å². The number of carboxylic acids is 1. The third-order valence-corrected chi connectivity index (χ3v) is 3.23. The summed E-state index contributed by atoms with van der Waals surface area (Å²) in [5.41, 5.74) is 1.05.